The van der Waals surface area contributed by atoms with Crippen LogP contribution in [0.4, 0.5) is 5.95 Å². The van der Waals surface area contributed by atoms with Crippen molar-refractivity contribution in [3.8, 4) is 11.4 Å². The van der Waals surface area contributed by atoms with Crippen molar-refractivity contribution >= 4 is 23.5 Å². The van der Waals surface area contributed by atoms with Crippen LogP contribution in [0.2, 0.25) is 5.02 Å². The molecule has 1 aromatic carbocycles. The van der Waals surface area contributed by atoms with Crippen LogP contribution in [0, 0.1) is 0 Å². The fourth-order valence-electron chi connectivity index (χ4n) is 2.33. The molecule has 26 heavy (non-hydrogen) atoms. The summed E-state index contributed by atoms with van der Waals surface area (Å²) in [4.78, 5) is 23.6. The molecule has 0 saturated heterocycles. The van der Waals surface area contributed by atoms with Gasteiger partial charge in [0.25, 0.3) is 0 Å². The Labute approximate surface area is 154 Å². The van der Waals surface area contributed by atoms with Crippen LogP contribution in [0.15, 0.2) is 54.9 Å². The van der Waals surface area contributed by atoms with Crippen LogP contribution in [0.5, 0.6) is 0 Å². The Bertz CT molecular complexity index is 936. The SMILES string of the molecule is O=C(O)c1ccnc(-c2ccnc(NC[C@@H](O)c3ccccc3Cl)n2)c1. The van der Waals surface area contributed by atoms with Gasteiger partial charge >= 0.3 is 5.97 Å². The van der Waals surface area contributed by atoms with Crippen molar-refractivity contribution in [2.75, 3.05) is 11.9 Å². The Balaban J connectivity index is 1.75. The molecule has 0 fully saturated rings. The minimum Gasteiger partial charge on any atom is -0.478 e. The third kappa shape index (κ3) is 4.14. The van der Waals surface area contributed by atoms with Crippen LogP contribution >= 0.6 is 11.6 Å². The fourth-order valence-corrected chi connectivity index (χ4v) is 2.60. The molecule has 0 unspecified atom stereocenters. The zero-order chi connectivity index (χ0) is 18.5. The molecular weight excluding hydrogens is 356 g/mol. The van der Waals surface area contributed by atoms with Crippen LogP contribution in [-0.4, -0.2) is 37.7 Å². The lowest BCUT2D eigenvalue weighted by Gasteiger charge is -2.13. The molecule has 0 spiro atoms. The molecule has 0 aliphatic heterocycles. The van der Waals surface area contributed by atoms with Gasteiger partial charge in [0, 0.05) is 29.5 Å². The number of benzene rings is 1. The summed E-state index contributed by atoms with van der Waals surface area (Å²) in [5, 5.41) is 22.8. The van der Waals surface area contributed by atoms with Gasteiger partial charge in [0.05, 0.1) is 23.1 Å². The number of rotatable bonds is 6. The lowest BCUT2D eigenvalue weighted by Crippen LogP contribution is -2.14. The smallest absolute Gasteiger partial charge is 0.335 e. The molecule has 0 radical (unpaired) electrons. The van der Waals surface area contributed by atoms with Crippen LogP contribution in [0.3, 0.4) is 0 Å². The van der Waals surface area contributed by atoms with Gasteiger partial charge in [0.15, 0.2) is 0 Å². The van der Waals surface area contributed by atoms with Gasteiger partial charge in [-0.15, -0.1) is 0 Å². The number of nitrogens with one attached hydrogen (secondary N) is 1. The van der Waals surface area contributed by atoms with Gasteiger partial charge in [-0.05, 0) is 24.3 Å². The van der Waals surface area contributed by atoms with Crippen LogP contribution in [0.25, 0.3) is 11.4 Å². The van der Waals surface area contributed by atoms with E-state index < -0.39 is 12.1 Å². The van der Waals surface area contributed by atoms with Crippen molar-refractivity contribution in [2.24, 2.45) is 0 Å². The summed E-state index contributed by atoms with van der Waals surface area (Å²) in [7, 11) is 0. The van der Waals surface area contributed by atoms with Gasteiger partial charge in [-0.1, -0.05) is 29.8 Å². The van der Waals surface area contributed by atoms with Gasteiger partial charge in [-0.2, -0.15) is 0 Å². The number of carboxylic acids is 1. The largest absolute Gasteiger partial charge is 0.478 e. The predicted molar refractivity (Wildman–Crippen MR) is 97.1 cm³/mol. The fraction of sp³-hybridized carbons (Fsp3) is 0.111. The van der Waals surface area contributed by atoms with E-state index in [0.29, 0.717) is 22.0 Å². The molecule has 0 saturated carbocycles. The van der Waals surface area contributed by atoms with Gasteiger partial charge in [0.2, 0.25) is 5.95 Å². The van der Waals surface area contributed by atoms with E-state index in [0.717, 1.165) is 0 Å². The zero-order valence-corrected chi connectivity index (χ0v) is 14.3. The molecule has 8 heteroatoms. The number of aliphatic hydroxyl groups excluding tert-OH is 1. The minimum absolute atomic E-state index is 0.122. The summed E-state index contributed by atoms with van der Waals surface area (Å²) < 4.78 is 0. The highest BCUT2D eigenvalue weighted by Gasteiger charge is 2.12. The van der Waals surface area contributed by atoms with E-state index in [1.54, 1.807) is 30.3 Å². The van der Waals surface area contributed by atoms with Gasteiger partial charge in [0.1, 0.15) is 0 Å². The Morgan fingerprint density at radius 1 is 1.12 bits per heavy atom. The number of hydrogen-bond acceptors (Lipinski definition) is 6. The number of halogens is 1. The second kappa shape index (κ2) is 7.90. The highest BCUT2D eigenvalue weighted by atomic mass is 35.5. The van der Waals surface area contributed by atoms with Crippen LogP contribution in [0.1, 0.15) is 22.0 Å². The average Bonchev–Trinajstić information content (AvgIpc) is 2.67. The number of pyridine rings is 1. The van der Waals surface area contributed by atoms with E-state index in [1.807, 2.05) is 0 Å². The molecular formula is C18H15ClN4O3. The van der Waals surface area contributed by atoms with Crippen LogP contribution in [-0.2, 0) is 0 Å². The Kier molecular flexibility index (Phi) is 5.40. The molecule has 132 valence electrons. The third-order valence-electron chi connectivity index (χ3n) is 3.64. The predicted octanol–water partition coefficient (Wildman–Crippen LogP) is 3.04. The standard InChI is InChI=1S/C18H15ClN4O3/c19-13-4-2-1-3-12(13)16(24)10-22-18-21-8-6-14(23-18)15-9-11(17(25)26)5-7-20-15/h1-9,16,24H,10H2,(H,25,26)(H,21,22,23)/t16-/m1/s1. The number of carboxylic acid groups (broad SMARTS) is 1. The van der Waals surface area contributed by atoms with E-state index in [-0.39, 0.29) is 18.1 Å². The van der Waals surface area contributed by atoms with Gasteiger partial charge in [-0.3, -0.25) is 4.98 Å². The molecule has 0 amide bonds. The Morgan fingerprint density at radius 2 is 1.88 bits per heavy atom. The molecule has 7 nitrogen and oxygen atoms in total. The summed E-state index contributed by atoms with van der Waals surface area (Å²) in [6.45, 7) is 0.162. The quantitative estimate of drug-likeness (QED) is 0.612. The molecule has 1 atom stereocenters. The molecule has 2 heterocycles. The number of anilines is 1. The molecule has 3 N–H and O–H groups in total. The van der Waals surface area contributed by atoms with E-state index in [1.165, 1.54) is 24.5 Å². The summed E-state index contributed by atoms with van der Waals surface area (Å²) in [6.07, 6.45) is 2.11. The summed E-state index contributed by atoms with van der Waals surface area (Å²) in [5.74, 6) is -0.750. The number of aromatic nitrogens is 3. The first-order chi connectivity index (χ1) is 12.5. The number of aliphatic hydroxyl groups is 1. The first-order valence-electron chi connectivity index (χ1n) is 7.73. The van der Waals surface area contributed by atoms with E-state index in [4.69, 9.17) is 16.7 Å². The molecule has 0 aliphatic rings. The number of carbonyl (C=O) groups is 1. The Hall–Kier alpha value is -3.03. The van der Waals surface area contributed by atoms with Crippen LogP contribution < -0.4 is 5.32 Å². The van der Waals surface area contributed by atoms with Crippen molar-refractivity contribution in [1.29, 1.82) is 0 Å². The van der Waals surface area contributed by atoms with E-state index >= 15 is 0 Å². The zero-order valence-electron chi connectivity index (χ0n) is 13.5. The highest BCUT2D eigenvalue weighted by Crippen LogP contribution is 2.23. The summed E-state index contributed by atoms with van der Waals surface area (Å²) >= 11 is 6.07. The van der Waals surface area contributed by atoms with Crippen molar-refractivity contribution in [3.05, 3.63) is 71.0 Å². The van der Waals surface area contributed by atoms with Crippen molar-refractivity contribution in [2.45, 2.75) is 6.10 Å². The summed E-state index contributed by atoms with van der Waals surface area (Å²) in [5.41, 5.74) is 1.62. The number of aromatic carboxylic acids is 1. The van der Waals surface area contributed by atoms with E-state index in [9.17, 15) is 9.90 Å². The molecule has 3 rings (SSSR count). The van der Waals surface area contributed by atoms with Gasteiger partial charge in [-0.25, -0.2) is 14.8 Å². The van der Waals surface area contributed by atoms with Crippen molar-refractivity contribution in [3.63, 3.8) is 0 Å². The van der Waals surface area contributed by atoms with Crippen molar-refractivity contribution < 1.29 is 15.0 Å². The second-order valence-electron chi connectivity index (χ2n) is 5.42. The first kappa shape index (κ1) is 17.8. The summed E-state index contributed by atoms with van der Waals surface area (Å²) in [6, 6.07) is 11.5. The Morgan fingerprint density at radius 3 is 2.65 bits per heavy atom. The van der Waals surface area contributed by atoms with E-state index in [2.05, 4.69) is 20.3 Å². The average molecular weight is 371 g/mol. The normalized spacial score (nSPS) is 11.8. The number of nitrogens with zero attached hydrogens (tertiary/aromatic N) is 3. The van der Waals surface area contributed by atoms with Gasteiger partial charge < -0.3 is 15.5 Å². The maximum Gasteiger partial charge on any atom is 0.335 e. The maximum atomic E-state index is 11.1. The molecule has 0 aliphatic carbocycles. The lowest BCUT2D eigenvalue weighted by molar-refractivity contribution is 0.0697. The molecule has 3 aromatic rings. The van der Waals surface area contributed by atoms with Crippen molar-refractivity contribution in [1.82, 2.24) is 15.0 Å². The molecule has 0 bridgehead atoms. The monoisotopic (exact) mass is 370 g/mol. The maximum absolute atomic E-state index is 11.1. The first-order valence-corrected chi connectivity index (χ1v) is 8.11. The number of hydrogen-bond donors (Lipinski definition) is 3. The second-order valence-corrected chi connectivity index (χ2v) is 5.83. The molecule has 2 aromatic heterocycles. The highest BCUT2D eigenvalue weighted by molar-refractivity contribution is 6.31. The third-order valence-corrected chi connectivity index (χ3v) is 3.99. The minimum atomic E-state index is -1.04. The topological polar surface area (TPSA) is 108 Å². The lowest BCUT2D eigenvalue weighted by atomic mass is 10.1.